The summed E-state index contributed by atoms with van der Waals surface area (Å²) in [6.45, 7) is 7.90. The van der Waals surface area contributed by atoms with E-state index in [0.717, 1.165) is 35.1 Å². The largest absolute Gasteiger partial charge is 0.444 e. The van der Waals surface area contributed by atoms with Gasteiger partial charge in [-0.1, -0.05) is 48.5 Å². The molecule has 8 heteroatoms. The van der Waals surface area contributed by atoms with Crippen LogP contribution >= 0.6 is 10.7 Å². The Hall–Kier alpha value is -2.09. The van der Waals surface area contributed by atoms with Gasteiger partial charge < -0.3 is 15.4 Å². The molecule has 1 saturated carbocycles. The van der Waals surface area contributed by atoms with Crippen LogP contribution in [0.2, 0.25) is 0 Å². The van der Waals surface area contributed by atoms with E-state index in [0.29, 0.717) is 19.4 Å². The second-order valence-corrected chi connectivity index (χ2v) is 14.2. The van der Waals surface area contributed by atoms with Crippen LogP contribution in [-0.4, -0.2) is 48.9 Å². The molecule has 4 rings (SSSR count). The zero-order valence-electron chi connectivity index (χ0n) is 20.8. The number of amides is 1. The molecule has 0 radical (unpaired) electrons. The first kappa shape index (κ1) is 26.0. The number of nitrogens with zero attached hydrogens (tertiary/aromatic N) is 1. The van der Waals surface area contributed by atoms with Crippen LogP contribution in [0.3, 0.4) is 0 Å². The summed E-state index contributed by atoms with van der Waals surface area (Å²) in [6.07, 6.45) is 2.80. The smallest absolute Gasteiger partial charge is 0.410 e. The summed E-state index contributed by atoms with van der Waals surface area (Å²) in [5.74, 6) is 0. The van der Waals surface area contributed by atoms with Crippen molar-refractivity contribution in [2.75, 3.05) is 6.54 Å². The van der Waals surface area contributed by atoms with Crippen molar-refractivity contribution in [2.45, 2.75) is 76.3 Å². The average molecular weight is 519 g/mol. The van der Waals surface area contributed by atoms with Crippen LogP contribution < -0.4 is 5.73 Å². The summed E-state index contributed by atoms with van der Waals surface area (Å²) in [6, 6.07) is 15.9. The Kier molecular flexibility index (Phi) is 6.99. The fraction of sp³-hybridized carbons (Fsp3) is 0.519. The predicted octanol–water partition coefficient (Wildman–Crippen LogP) is 5.12. The summed E-state index contributed by atoms with van der Waals surface area (Å²) >= 11 is 0. The number of ether oxygens (including phenoxy) is 1. The Morgan fingerprint density at radius 2 is 1.71 bits per heavy atom. The maximum atomic E-state index is 13.0. The van der Waals surface area contributed by atoms with Gasteiger partial charge >= 0.3 is 6.09 Å². The molecule has 2 aromatic carbocycles. The lowest BCUT2D eigenvalue weighted by Gasteiger charge is -2.30. The summed E-state index contributed by atoms with van der Waals surface area (Å²) < 4.78 is 29.0. The van der Waals surface area contributed by atoms with Crippen molar-refractivity contribution in [1.29, 1.82) is 0 Å². The average Bonchev–Trinajstić information content (AvgIpc) is 3.49. The molecule has 6 nitrogen and oxygen atoms in total. The number of carbonyl (C=O) groups is 1. The van der Waals surface area contributed by atoms with E-state index in [1.807, 2.05) is 62.1 Å². The molecule has 2 fully saturated rings. The van der Waals surface area contributed by atoms with Crippen molar-refractivity contribution >= 4 is 25.8 Å². The summed E-state index contributed by atoms with van der Waals surface area (Å²) in [5, 5.41) is -0.664. The van der Waals surface area contributed by atoms with Crippen LogP contribution in [0.1, 0.15) is 51.7 Å². The van der Waals surface area contributed by atoms with E-state index < -0.39 is 19.9 Å². The maximum absolute atomic E-state index is 13.0. The highest BCUT2D eigenvalue weighted by Gasteiger charge is 2.59. The molecule has 1 aliphatic heterocycles. The molecule has 1 heterocycles. The number of hydrogen-bond acceptors (Lipinski definition) is 5. The minimum Gasteiger partial charge on any atom is -0.444 e. The van der Waals surface area contributed by atoms with E-state index in [9.17, 15) is 13.2 Å². The zero-order chi connectivity index (χ0) is 25.6. The Morgan fingerprint density at radius 1 is 1.14 bits per heavy atom. The topological polar surface area (TPSA) is 89.7 Å². The number of hydrogen-bond donors (Lipinski definition) is 1. The Balaban J connectivity index is 1.55. The first-order valence-corrected chi connectivity index (χ1v) is 14.5. The molecular weight excluding hydrogens is 484 g/mol. The van der Waals surface area contributed by atoms with Crippen LogP contribution in [-0.2, 0) is 26.6 Å². The summed E-state index contributed by atoms with van der Waals surface area (Å²) in [5.41, 5.74) is 10.2. The third kappa shape index (κ3) is 6.01. The molecule has 3 atom stereocenters. The van der Waals surface area contributed by atoms with Gasteiger partial charge in [-0.15, -0.1) is 0 Å². The molecule has 190 valence electrons. The van der Waals surface area contributed by atoms with Gasteiger partial charge in [0.25, 0.3) is 0 Å². The van der Waals surface area contributed by atoms with E-state index in [2.05, 4.69) is 12.1 Å². The standard InChI is InChI=1S/C27H35ClN2O4S/c1-18(35(28,32)33)13-19-7-5-9-21(14-19)22-10-6-8-20(15-22)16-23-24(29)27(11-12-27)17-30(23)25(31)34-26(2,3)4/h5-10,14-15,18,23-24H,11-13,16-17,29H2,1-4H3. The fourth-order valence-electron chi connectivity index (χ4n) is 5.00. The van der Waals surface area contributed by atoms with Crippen LogP contribution in [0.4, 0.5) is 4.79 Å². The lowest BCUT2D eigenvalue weighted by Crippen LogP contribution is -2.46. The van der Waals surface area contributed by atoms with Crippen molar-refractivity contribution in [1.82, 2.24) is 4.90 Å². The second-order valence-electron chi connectivity index (χ2n) is 11.2. The van der Waals surface area contributed by atoms with Crippen LogP contribution in [0.25, 0.3) is 11.1 Å². The normalized spacial score (nSPS) is 22.3. The van der Waals surface area contributed by atoms with Gasteiger partial charge in [0, 0.05) is 28.7 Å². The van der Waals surface area contributed by atoms with Gasteiger partial charge in [0.2, 0.25) is 9.05 Å². The van der Waals surface area contributed by atoms with Gasteiger partial charge in [0.1, 0.15) is 5.60 Å². The molecule has 2 N–H and O–H groups in total. The van der Waals surface area contributed by atoms with Gasteiger partial charge in [0.05, 0.1) is 11.3 Å². The van der Waals surface area contributed by atoms with Crippen LogP contribution in [0.5, 0.6) is 0 Å². The number of halogens is 1. The minimum absolute atomic E-state index is 0.0208. The lowest BCUT2D eigenvalue weighted by molar-refractivity contribution is 0.0215. The molecule has 1 aliphatic carbocycles. The SMILES string of the molecule is CC(Cc1cccc(-c2cccc(CC3C(N)C4(CC4)CN3C(=O)OC(C)(C)C)c2)c1)S(=O)(=O)Cl. The van der Waals surface area contributed by atoms with Crippen molar-refractivity contribution in [3.63, 3.8) is 0 Å². The van der Waals surface area contributed by atoms with Gasteiger partial charge in [-0.05, 0) is 75.6 Å². The number of rotatable bonds is 6. The highest BCUT2D eigenvalue weighted by atomic mass is 35.7. The predicted molar refractivity (Wildman–Crippen MR) is 140 cm³/mol. The number of benzene rings is 2. The van der Waals surface area contributed by atoms with E-state index >= 15 is 0 Å². The monoisotopic (exact) mass is 518 g/mol. The van der Waals surface area contributed by atoms with Gasteiger partial charge in [-0.2, -0.15) is 0 Å². The molecule has 2 aromatic rings. The lowest BCUT2D eigenvalue weighted by atomic mass is 9.91. The van der Waals surface area contributed by atoms with E-state index in [-0.39, 0.29) is 23.6 Å². The number of likely N-dealkylation sites (tertiary alicyclic amines) is 1. The second kappa shape index (κ2) is 9.41. The highest BCUT2D eigenvalue weighted by molar-refractivity contribution is 8.14. The van der Waals surface area contributed by atoms with Gasteiger partial charge in [0.15, 0.2) is 0 Å². The molecule has 0 bridgehead atoms. The van der Waals surface area contributed by atoms with E-state index in [1.165, 1.54) is 0 Å². The first-order valence-electron chi connectivity index (χ1n) is 12.1. The van der Waals surface area contributed by atoms with Gasteiger partial charge in [-0.25, -0.2) is 13.2 Å². The molecule has 1 saturated heterocycles. The third-order valence-electron chi connectivity index (χ3n) is 7.16. The first-order chi connectivity index (χ1) is 16.3. The highest BCUT2D eigenvalue weighted by Crippen LogP contribution is 2.54. The zero-order valence-corrected chi connectivity index (χ0v) is 22.4. The number of carbonyl (C=O) groups excluding carboxylic acids is 1. The Labute approximate surface area is 213 Å². The van der Waals surface area contributed by atoms with Crippen LogP contribution in [0.15, 0.2) is 48.5 Å². The quantitative estimate of drug-likeness (QED) is 0.536. The molecule has 35 heavy (non-hydrogen) atoms. The Bertz CT molecular complexity index is 1200. The van der Waals surface area contributed by atoms with Crippen LogP contribution in [0, 0.1) is 5.41 Å². The maximum Gasteiger partial charge on any atom is 0.410 e. The Morgan fingerprint density at radius 3 is 2.26 bits per heavy atom. The third-order valence-corrected chi connectivity index (χ3v) is 9.20. The molecule has 1 amide bonds. The van der Waals surface area contributed by atoms with Gasteiger partial charge in [-0.3, -0.25) is 0 Å². The summed E-state index contributed by atoms with van der Waals surface area (Å²) in [4.78, 5) is 14.8. The number of nitrogens with two attached hydrogens (primary N) is 1. The minimum atomic E-state index is -3.61. The molecule has 1 spiro atoms. The van der Waals surface area contributed by atoms with E-state index in [4.69, 9.17) is 21.2 Å². The van der Waals surface area contributed by atoms with Crippen molar-refractivity contribution in [3.05, 3.63) is 59.7 Å². The van der Waals surface area contributed by atoms with Crippen molar-refractivity contribution in [2.24, 2.45) is 11.1 Å². The van der Waals surface area contributed by atoms with E-state index in [1.54, 1.807) is 6.92 Å². The van der Waals surface area contributed by atoms with Crippen molar-refractivity contribution < 1.29 is 17.9 Å². The summed E-state index contributed by atoms with van der Waals surface area (Å²) in [7, 11) is 1.91. The molecular formula is C27H35ClN2O4S. The molecule has 2 aliphatic rings. The van der Waals surface area contributed by atoms with Crippen molar-refractivity contribution in [3.8, 4) is 11.1 Å². The molecule has 3 unspecified atom stereocenters. The fourth-order valence-corrected chi connectivity index (χ4v) is 5.58. The molecule has 0 aromatic heterocycles.